The number of aromatic nitrogens is 3. The second-order valence-electron chi connectivity index (χ2n) is 7.68. The highest BCUT2D eigenvalue weighted by Gasteiger charge is 2.39. The minimum absolute atomic E-state index is 0.0798. The van der Waals surface area contributed by atoms with Crippen LogP contribution >= 0.6 is 0 Å². The van der Waals surface area contributed by atoms with Gasteiger partial charge < -0.3 is 4.74 Å². The lowest BCUT2D eigenvalue weighted by molar-refractivity contribution is -0.147. The van der Waals surface area contributed by atoms with Crippen LogP contribution in [0.4, 0.5) is 22.0 Å². The van der Waals surface area contributed by atoms with E-state index < -0.39 is 33.7 Å². The van der Waals surface area contributed by atoms with Gasteiger partial charge in [-0.1, -0.05) is 6.07 Å². The van der Waals surface area contributed by atoms with Crippen molar-refractivity contribution in [2.24, 2.45) is 0 Å². The number of nitriles is 1. The summed E-state index contributed by atoms with van der Waals surface area (Å²) in [5.74, 6) is 0.116. The van der Waals surface area contributed by atoms with Crippen LogP contribution in [0, 0.1) is 11.3 Å². The van der Waals surface area contributed by atoms with Crippen molar-refractivity contribution in [2.45, 2.75) is 30.6 Å². The van der Waals surface area contributed by atoms with Crippen LogP contribution in [0.3, 0.4) is 0 Å². The first-order valence-corrected chi connectivity index (χ1v) is 11.9. The van der Waals surface area contributed by atoms with Crippen LogP contribution in [0.25, 0.3) is 28.1 Å². The number of benzene rings is 1. The average Bonchev–Trinajstić information content (AvgIpc) is 3.17. The second kappa shape index (κ2) is 9.75. The molecule has 0 saturated heterocycles. The summed E-state index contributed by atoms with van der Waals surface area (Å²) in [6.07, 6.45) is -2.47. The molecule has 1 atom stereocenters. The fourth-order valence-electron chi connectivity index (χ4n) is 3.57. The van der Waals surface area contributed by atoms with Gasteiger partial charge in [0.05, 0.1) is 22.5 Å². The maximum Gasteiger partial charge on any atom is 0.404 e. The van der Waals surface area contributed by atoms with Crippen molar-refractivity contribution in [3.63, 3.8) is 0 Å². The van der Waals surface area contributed by atoms with Crippen LogP contribution in [-0.2, 0) is 10.0 Å². The van der Waals surface area contributed by atoms with Crippen molar-refractivity contribution in [2.75, 3.05) is 0 Å². The summed E-state index contributed by atoms with van der Waals surface area (Å²) < 4.78 is 96.5. The Bertz CT molecular complexity index is 1580. The van der Waals surface area contributed by atoms with Crippen LogP contribution in [0.2, 0.25) is 0 Å². The number of rotatable bonds is 7. The molecule has 0 aliphatic carbocycles. The summed E-state index contributed by atoms with van der Waals surface area (Å²) in [7, 11) is -4.57. The van der Waals surface area contributed by atoms with Crippen LogP contribution < -0.4 is 9.46 Å². The molecule has 1 aromatic carbocycles. The molecule has 0 fully saturated rings. The van der Waals surface area contributed by atoms with Gasteiger partial charge in [0.1, 0.15) is 28.6 Å². The van der Waals surface area contributed by atoms with E-state index >= 15 is 0 Å². The minimum atomic E-state index is -4.79. The van der Waals surface area contributed by atoms with E-state index in [0.29, 0.717) is 12.3 Å². The first-order valence-electron chi connectivity index (χ1n) is 10.4. The van der Waals surface area contributed by atoms with Gasteiger partial charge in [-0.3, -0.25) is 9.55 Å². The van der Waals surface area contributed by atoms with E-state index in [0.717, 1.165) is 12.3 Å². The maximum atomic E-state index is 12.8. The topological polar surface area (TPSA) is 110 Å². The molecule has 14 heteroatoms. The maximum absolute atomic E-state index is 12.8. The highest BCUT2D eigenvalue weighted by Crippen LogP contribution is 2.37. The number of fused-ring (bicyclic) bond motifs is 1. The van der Waals surface area contributed by atoms with Gasteiger partial charge >= 0.3 is 12.8 Å². The molecule has 4 rings (SSSR count). The Hall–Kier alpha value is -4.09. The third-order valence-electron chi connectivity index (χ3n) is 5.27. The third kappa shape index (κ3) is 5.23. The highest BCUT2D eigenvalue weighted by molar-refractivity contribution is 7.89. The fraction of sp³-hybridized carbons (Fsp3) is 0.174. The third-order valence-corrected chi connectivity index (χ3v) is 6.79. The lowest BCUT2D eigenvalue weighted by atomic mass is 10.1. The Labute approximate surface area is 207 Å². The number of hydrogen-bond donors (Lipinski definition) is 1. The zero-order chi connectivity index (χ0) is 27.0. The molecular formula is C23H16F5N5O3S. The molecule has 3 aromatic heterocycles. The number of nitrogens with one attached hydrogen (secondary N) is 1. The van der Waals surface area contributed by atoms with E-state index in [4.69, 9.17) is 0 Å². The summed E-state index contributed by atoms with van der Waals surface area (Å²) in [6, 6.07) is 10.8. The van der Waals surface area contributed by atoms with Gasteiger partial charge in [-0.25, -0.2) is 13.4 Å². The molecule has 0 saturated carbocycles. The standard InChI is InChI=1S/C23H16F5N5O3S/c1-13(23(26,27)28)32-37(34,35)15-6-8-18(31-12-15)21-17(11-29)16-7-5-14(36-22(24)25)10-19(16)33(21)20-4-2-3-9-30-20/h2-10,12-13,22,32H,1H3/t13-/m0/s1. The van der Waals surface area contributed by atoms with Gasteiger partial charge in [0.2, 0.25) is 10.0 Å². The van der Waals surface area contributed by atoms with Gasteiger partial charge in [0.15, 0.2) is 0 Å². The van der Waals surface area contributed by atoms with Crippen molar-refractivity contribution < 1.29 is 35.1 Å². The summed E-state index contributed by atoms with van der Waals surface area (Å²) in [6.45, 7) is -2.42. The van der Waals surface area contributed by atoms with E-state index in [1.165, 1.54) is 39.8 Å². The Morgan fingerprint density at radius 1 is 1.11 bits per heavy atom. The number of sulfonamides is 1. The SMILES string of the molecule is C[C@H](NS(=O)(=O)c1ccc(-c2c(C#N)c3ccc(OC(F)F)cc3n2-c2ccccn2)nc1)C(F)(F)F. The second-order valence-corrected chi connectivity index (χ2v) is 9.39. The Balaban J connectivity index is 1.88. The van der Waals surface area contributed by atoms with Crippen LogP contribution in [-0.4, -0.2) is 41.8 Å². The predicted molar refractivity (Wildman–Crippen MR) is 121 cm³/mol. The number of halogens is 5. The van der Waals surface area contributed by atoms with Crippen molar-refractivity contribution in [3.8, 4) is 29.0 Å². The molecule has 1 N–H and O–H groups in total. The molecule has 192 valence electrons. The molecule has 0 aliphatic heterocycles. The van der Waals surface area contributed by atoms with Crippen molar-refractivity contribution in [1.82, 2.24) is 19.3 Å². The number of ether oxygens (including phenoxy) is 1. The molecule has 0 radical (unpaired) electrons. The smallest absolute Gasteiger partial charge is 0.404 e. The van der Waals surface area contributed by atoms with E-state index in [1.54, 1.807) is 18.2 Å². The number of pyridine rings is 2. The molecule has 8 nitrogen and oxygen atoms in total. The Morgan fingerprint density at radius 2 is 1.86 bits per heavy atom. The molecule has 0 bridgehead atoms. The Morgan fingerprint density at radius 3 is 2.43 bits per heavy atom. The summed E-state index contributed by atoms with van der Waals surface area (Å²) in [5, 5.41) is 10.3. The minimum Gasteiger partial charge on any atom is -0.435 e. The zero-order valence-electron chi connectivity index (χ0n) is 18.7. The lowest BCUT2D eigenvalue weighted by Crippen LogP contribution is -2.42. The molecule has 4 aromatic rings. The predicted octanol–water partition coefficient (Wildman–Crippen LogP) is 4.79. The number of alkyl halides is 5. The molecule has 0 aliphatic rings. The van der Waals surface area contributed by atoms with E-state index in [-0.39, 0.29) is 34.0 Å². The van der Waals surface area contributed by atoms with Crippen LogP contribution in [0.5, 0.6) is 5.75 Å². The molecule has 0 unspecified atom stereocenters. The van der Waals surface area contributed by atoms with Gasteiger partial charge in [0, 0.05) is 23.8 Å². The van der Waals surface area contributed by atoms with E-state index in [2.05, 4.69) is 14.7 Å². The molecular weight excluding hydrogens is 521 g/mol. The van der Waals surface area contributed by atoms with E-state index in [9.17, 15) is 35.6 Å². The normalized spacial score (nSPS) is 13.0. The van der Waals surface area contributed by atoms with Crippen molar-refractivity contribution in [3.05, 3.63) is 66.5 Å². The van der Waals surface area contributed by atoms with Crippen LogP contribution in [0.15, 0.2) is 65.8 Å². The summed E-state index contributed by atoms with van der Waals surface area (Å²) in [5.41, 5.74) is 0.599. The monoisotopic (exact) mass is 537 g/mol. The first-order chi connectivity index (χ1) is 17.4. The lowest BCUT2D eigenvalue weighted by Gasteiger charge is -2.17. The Kier molecular flexibility index (Phi) is 6.85. The fourth-order valence-corrected chi connectivity index (χ4v) is 4.74. The molecule has 0 amide bonds. The molecule has 37 heavy (non-hydrogen) atoms. The quantitative estimate of drug-likeness (QED) is 0.340. The molecule has 0 spiro atoms. The summed E-state index contributed by atoms with van der Waals surface area (Å²) >= 11 is 0. The number of hydrogen-bond acceptors (Lipinski definition) is 6. The van der Waals surface area contributed by atoms with Gasteiger partial charge in [-0.2, -0.15) is 31.9 Å². The van der Waals surface area contributed by atoms with Crippen molar-refractivity contribution >= 4 is 20.9 Å². The summed E-state index contributed by atoms with van der Waals surface area (Å²) in [4.78, 5) is 7.83. The molecule has 3 heterocycles. The first kappa shape index (κ1) is 26.0. The van der Waals surface area contributed by atoms with E-state index in [1.807, 2.05) is 6.07 Å². The van der Waals surface area contributed by atoms with Gasteiger partial charge in [-0.05, 0) is 43.3 Å². The highest BCUT2D eigenvalue weighted by atomic mass is 32.2. The average molecular weight is 537 g/mol. The number of nitrogens with zero attached hydrogens (tertiary/aromatic N) is 4. The van der Waals surface area contributed by atoms with Crippen molar-refractivity contribution in [1.29, 1.82) is 5.26 Å². The van der Waals surface area contributed by atoms with Gasteiger partial charge in [-0.15, -0.1) is 0 Å². The zero-order valence-corrected chi connectivity index (χ0v) is 19.6. The van der Waals surface area contributed by atoms with Crippen LogP contribution in [0.1, 0.15) is 12.5 Å². The largest absolute Gasteiger partial charge is 0.435 e. The van der Waals surface area contributed by atoms with Gasteiger partial charge in [0.25, 0.3) is 0 Å².